The van der Waals surface area contributed by atoms with Crippen molar-refractivity contribution in [1.82, 2.24) is 24.6 Å². The van der Waals surface area contributed by atoms with E-state index in [-0.39, 0.29) is 5.56 Å². The summed E-state index contributed by atoms with van der Waals surface area (Å²) < 4.78 is 1.56. The fourth-order valence-electron chi connectivity index (χ4n) is 4.48. The second-order valence-corrected chi connectivity index (χ2v) is 8.42. The van der Waals surface area contributed by atoms with Crippen LogP contribution in [0.2, 0.25) is 0 Å². The van der Waals surface area contributed by atoms with Gasteiger partial charge in [-0.3, -0.25) is 19.6 Å². The maximum Gasteiger partial charge on any atom is 0.266 e. The predicted molar refractivity (Wildman–Crippen MR) is 113 cm³/mol. The zero-order valence-electron chi connectivity index (χ0n) is 17.0. The Bertz CT molecular complexity index is 840. The molecule has 0 unspecified atom stereocenters. The molecule has 3 heterocycles. The highest BCUT2D eigenvalue weighted by Crippen LogP contribution is 2.29. The van der Waals surface area contributed by atoms with Gasteiger partial charge in [0.05, 0.1) is 17.8 Å². The molecule has 29 heavy (non-hydrogen) atoms. The average Bonchev–Trinajstić information content (AvgIpc) is 2.75. The zero-order valence-corrected chi connectivity index (χ0v) is 17.0. The van der Waals surface area contributed by atoms with Crippen molar-refractivity contribution in [1.29, 1.82) is 0 Å². The SMILES string of the molecule is O=c1ccc(-c2ccncc2)nn1CCN1CCN(CC2(O)CCCCC2)CC1. The van der Waals surface area contributed by atoms with E-state index in [0.717, 1.165) is 76.2 Å². The smallest absolute Gasteiger partial charge is 0.266 e. The standard InChI is InChI=1S/C22H31N5O2/c28-21-5-4-20(19-6-10-23-11-7-19)24-27(21)17-16-25-12-14-26(15-13-25)18-22(29)8-2-1-3-9-22/h4-7,10-11,29H,1-3,8-9,12-18H2. The molecule has 0 aromatic carbocycles. The molecule has 0 radical (unpaired) electrons. The number of hydrogen-bond acceptors (Lipinski definition) is 6. The summed E-state index contributed by atoms with van der Waals surface area (Å²) >= 11 is 0. The Kier molecular flexibility index (Phi) is 6.37. The molecule has 1 N–H and O–H groups in total. The zero-order chi connectivity index (χ0) is 20.1. The van der Waals surface area contributed by atoms with Gasteiger partial charge >= 0.3 is 0 Å². The van der Waals surface area contributed by atoms with Gasteiger partial charge in [-0.1, -0.05) is 19.3 Å². The second kappa shape index (κ2) is 9.15. The van der Waals surface area contributed by atoms with Crippen LogP contribution in [0.5, 0.6) is 0 Å². The molecule has 0 spiro atoms. The maximum atomic E-state index is 12.2. The summed E-state index contributed by atoms with van der Waals surface area (Å²) in [4.78, 5) is 21.0. The molecule has 1 saturated carbocycles. The first-order chi connectivity index (χ1) is 14.1. The van der Waals surface area contributed by atoms with E-state index in [1.165, 1.54) is 6.42 Å². The van der Waals surface area contributed by atoms with E-state index in [9.17, 15) is 9.90 Å². The Morgan fingerprint density at radius 1 is 0.897 bits per heavy atom. The van der Waals surface area contributed by atoms with Gasteiger partial charge in [0.1, 0.15) is 0 Å². The Morgan fingerprint density at radius 2 is 1.59 bits per heavy atom. The summed E-state index contributed by atoms with van der Waals surface area (Å²) in [7, 11) is 0. The van der Waals surface area contributed by atoms with E-state index >= 15 is 0 Å². The summed E-state index contributed by atoms with van der Waals surface area (Å²) in [6, 6.07) is 7.15. The molecule has 2 aromatic rings. The predicted octanol–water partition coefficient (Wildman–Crippen LogP) is 1.62. The van der Waals surface area contributed by atoms with Crippen molar-refractivity contribution >= 4 is 0 Å². The third kappa shape index (κ3) is 5.29. The van der Waals surface area contributed by atoms with Gasteiger partial charge in [0.25, 0.3) is 5.56 Å². The first-order valence-electron chi connectivity index (χ1n) is 10.8. The van der Waals surface area contributed by atoms with Crippen LogP contribution in [-0.4, -0.2) is 74.5 Å². The molecule has 2 fully saturated rings. The average molecular weight is 398 g/mol. The minimum Gasteiger partial charge on any atom is -0.389 e. The number of aliphatic hydroxyl groups is 1. The summed E-state index contributed by atoms with van der Waals surface area (Å²) in [6.45, 7) is 6.08. The van der Waals surface area contributed by atoms with Crippen molar-refractivity contribution in [3.05, 3.63) is 47.0 Å². The molecule has 1 saturated heterocycles. The Hall–Kier alpha value is -2.09. The van der Waals surface area contributed by atoms with Crippen molar-refractivity contribution in [3.63, 3.8) is 0 Å². The van der Waals surface area contributed by atoms with Gasteiger partial charge in [0.15, 0.2) is 0 Å². The largest absolute Gasteiger partial charge is 0.389 e. The summed E-state index contributed by atoms with van der Waals surface area (Å²) in [6.07, 6.45) is 8.90. The molecule has 0 amide bonds. The van der Waals surface area contributed by atoms with Gasteiger partial charge < -0.3 is 5.11 Å². The second-order valence-electron chi connectivity index (χ2n) is 8.42. The number of pyridine rings is 1. The Labute approximate surface area is 172 Å². The van der Waals surface area contributed by atoms with Crippen molar-refractivity contribution in [2.24, 2.45) is 0 Å². The van der Waals surface area contributed by atoms with Crippen LogP contribution in [0.1, 0.15) is 32.1 Å². The van der Waals surface area contributed by atoms with Gasteiger partial charge in [0.2, 0.25) is 0 Å². The summed E-state index contributed by atoms with van der Waals surface area (Å²) in [5.41, 5.74) is 1.20. The molecule has 1 aliphatic carbocycles. The van der Waals surface area contributed by atoms with E-state index < -0.39 is 5.60 Å². The monoisotopic (exact) mass is 397 g/mol. The third-order valence-electron chi connectivity index (χ3n) is 6.24. The number of piperazine rings is 1. The highest BCUT2D eigenvalue weighted by Gasteiger charge is 2.32. The van der Waals surface area contributed by atoms with Crippen molar-refractivity contribution in [3.8, 4) is 11.3 Å². The van der Waals surface area contributed by atoms with Gasteiger partial charge in [0, 0.05) is 63.3 Å². The normalized spacial score (nSPS) is 20.6. The van der Waals surface area contributed by atoms with Crippen LogP contribution in [0.25, 0.3) is 11.3 Å². The topological polar surface area (TPSA) is 74.5 Å². The van der Waals surface area contributed by atoms with Crippen molar-refractivity contribution in [2.45, 2.75) is 44.2 Å². The lowest BCUT2D eigenvalue weighted by molar-refractivity contribution is -0.0356. The van der Waals surface area contributed by atoms with Crippen LogP contribution in [-0.2, 0) is 6.54 Å². The number of hydrogen-bond donors (Lipinski definition) is 1. The highest BCUT2D eigenvalue weighted by molar-refractivity contribution is 5.56. The fraction of sp³-hybridized carbons (Fsp3) is 0.591. The van der Waals surface area contributed by atoms with Crippen LogP contribution < -0.4 is 5.56 Å². The number of β-amino-alcohol motifs (C(OH)–C–C–N with tert-alkyl or cyclic N) is 1. The van der Waals surface area contributed by atoms with Gasteiger partial charge in [-0.25, -0.2) is 4.68 Å². The van der Waals surface area contributed by atoms with Crippen LogP contribution in [0.3, 0.4) is 0 Å². The Balaban J connectivity index is 1.29. The van der Waals surface area contributed by atoms with Crippen LogP contribution in [0.4, 0.5) is 0 Å². The van der Waals surface area contributed by atoms with Crippen molar-refractivity contribution in [2.75, 3.05) is 39.3 Å². The van der Waals surface area contributed by atoms with Gasteiger partial charge in [-0.15, -0.1) is 0 Å². The van der Waals surface area contributed by atoms with E-state index in [2.05, 4.69) is 19.9 Å². The lowest BCUT2D eigenvalue weighted by atomic mass is 9.84. The molecule has 0 atom stereocenters. The molecule has 156 valence electrons. The minimum atomic E-state index is -0.481. The van der Waals surface area contributed by atoms with E-state index in [1.54, 1.807) is 29.2 Å². The van der Waals surface area contributed by atoms with E-state index in [4.69, 9.17) is 0 Å². The molecule has 1 aliphatic heterocycles. The van der Waals surface area contributed by atoms with Crippen LogP contribution >= 0.6 is 0 Å². The van der Waals surface area contributed by atoms with Crippen LogP contribution in [0.15, 0.2) is 41.5 Å². The Morgan fingerprint density at radius 3 is 2.31 bits per heavy atom. The highest BCUT2D eigenvalue weighted by atomic mass is 16.3. The quantitative estimate of drug-likeness (QED) is 0.798. The molecule has 7 heteroatoms. The summed E-state index contributed by atoms with van der Waals surface area (Å²) in [5, 5.41) is 15.3. The first kappa shape index (κ1) is 20.2. The first-order valence-corrected chi connectivity index (χ1v) is 10.8. The maximum absolute atomic E-state index is 12.2. The molecule has 2 aliphatic rings. The molecule has 4 rings (SSSR count). The number of aromatic nitrogens is 3. The van der Waals surface area contributed by atoms with Gasteiger partial charge in [-0.05, 0) is 31.0 Å². The van der Waals surface area contributed by atoms with E-state index in [1.807, 2.05) is 12.1 Å². The molecule has 2 aromatic heterocycles. The van der Waals surface area contributed by atoms with Crippen molar-refractivity contribution < 1.29 is 5.11 Å². The van der Waals surface area contributed by atoms with Crippen LogP contribution in [0, 0.1) is 0 Å². The number of nitrogens with zero attached hydrogens (tertiary/aromatic N) is 5. The molecular weight excluding hydrogens is 366 g/mol. The fourth-order valence-corrected chi connectivity index (χ4v) is 4.48. The lowest BCUT2D eigenvalue weighted by Crippen LogP contribution is -2.53. The minimum absolute atomic E-state index is 0.0686. The lowest BCUT2D eigenvalue weighted by Gasteiger charge is -2.41. The molecular formula is C22H31N5O2. The third-order valence-corrected chi connectivity index (χ3v) is 6.24. The van der Waals surface area contributed by atoms with Gasteiger partial charge in [-0.2, -0.15) is 5.10 Å². The summed E-state index contributed by atoms with van der Waals surface area (Å²) in [5.74, 6) is 0. The molecule has 7 nitrogen and oxygen atoms in total. The van der Waals surface area contributed by atoms with E-state index in [0.29, 0.717) is 6.54 Å². The molecule has 0 bridgehead atoms. The number of rotatable bonds is 6.